The number of pyridine rings is 1. The predicted octanol–water partition coefficient (Wildman–Crippen LogP) is 1.30. The Morgan fingerprint density at radius 1 is 1.19 bits per heavy atom. The summed E-state index contributed by atoms with van der Waals surface area (Å²) < 4.78 is 11.5. The van der Waals surface area contributed by atoms with Gasteiger partial charge in [0.2, 0.25) is 0 Å². The number of nitrogens with one attached hydrogen (secondary N) is 1. The highest BCUT2D eigenvalue weighted by Gasteiger charge is 2.18. The Morgan fingerprint density at radius 3 is 2.50 bits per heavy atom. The van der Waals surface area contributed by atoms with Crippen molar-refractivity contribution < 1.29 is 19.1 Å². The van der Waals surface area contributed by atoms with Gasteiger partial charge in [0.05, 0.1) is 12.7 Å². The average molecular weight is 358 g/mol. The van der Waals surface area contributed by atoms with Gasteiger partial charge in [-0.3, -0.25) is 9.59 Å². The monoisotopic (exact) mass is 358 g/mol. The van der Waals surface area contributed by atoms with Gasteiger partial charge in [0.1, 0.15) is 5.75 Å². The minimum Gasteiger partial charge on any atom is -0.497 e. The van der Waals surface area contributed by atoms with Gasteiger partial charge in [0.25, 0.3) is 11.5 Å². The van der Waals surface area contributed by atoms with Crippen molar-refractivity contribution in [1.82, 2.24) is 9.88 Å². The van der Waals surface area contributed by atoms with E-state index in [1.165, 1.54) is 29.8 Å². The van der Waals surface area contributed by atoms with E-state index < -0.39 is 18.0 Å². The number of ether oxygens (including phenoxy) is 2. The predicted molar refractivity (Wildman–Crippen MR) is 96.3 cm³/mol. The molecule has 1 amide bonds. The maximum atomic E-state index is 12.0. The number of amides is 1. The Labute approximate surface area is 151 Å². The third-order valence-electron chi connectivity index (χ3n) is 3.87. The molecule has 0 aliphatic heterocycles. The Kier molecular flexibility index (Phi) is 6.54. The normalized spacial score (nSPS) is 11.5. The molecule has 1 heterocycles. The number of aromatic nitrogens is 1. The summed E-state index contributed by atoms with van der Waals surface area (Å²) in [7, 11) is 3.18. The third-order valence-corrected chi connectivity index (χ3v) is 3.87. The third kappa shape index (κ3) is 5.20. The molecule has 0 radical (unpaired) electrons. The Bertz CT molecular complexity index is 827. The minimum atomic E-state index is -0.956. The molecule has 0 saturated carbocycles. The molecule has 138 valence electrons. The standard InChI is InChI=1S/C19H22N2O5/c1-13(26-19(24)15-9-11-21(2)17(22)12-15)18(23)20-10-8-14-4-6-16(25-3)7-5-14/h4-7,9,11-13H,8,10H2,1-3H3,(H,20,23). The molecule has 1 aromatic carbocycles. The van der Waals surface area contributed by atoms with E-state index in [9.17, 15) is 14.4 Å². The average Bonchev–Trinajstić information content (AvgIpc) is 2.64. The fourth-order valence-corrected chi connectivity index (χ4v) is 2.22. The van der Waals surface area contributed by atoms with Crippen molar-refractivity contribution in [3.05, 3.63) is 64.1 Å². The Morgan fingerprint density at radius 2 is 1.88 bits per heavy atom. The molecule has 1 atom stereocenters. The van der Waals surface area contributed by atoms with Crippen LogP contribution in [0.1, 0.15) is 22.8 Å². The van der Waals surface area contributed by atoms with Gasteiger partial charge in [0, 0.05) is 25.9 Å². The van der Waals surface area contributed by atoms with Crippen molar-refractivity contribution in [2.24, 2.45) is 7.05 Å². The molecule has 2 aromatic rings. The van der Waals surface area contributed by atoms with Crippen LogP contribution in [-0.2, 0) is 23.0 Å². The van der Waals surface area contributed by atoms with E-state index >= 15 is 0 Å². The molecule has 0 aliphatic carbocycles. The lowest BCUT2D eigenvalue weighted by Gasteiger charge is -2.13. The van der Waals surface area contributed by atoms with Crippen LogP contribution in [0.15, 0.2) is 47.4 Å². The molecule has 0 fully saturated rings. The molecular formula is C19H22N2O5. The molecule has 0 saturated heterocycles. The van der Waals surface area contributed by atoms with E-state index in [-0.39, 0.29) is 11.1 Å². The number of carbonyl (C=O) groups is 2. The highest BCUT2D eigenvalue weighted by atomic mass is 16.5. The molecule has 7 heteroatoms. The number of hydrogen-bond acceptors (Lipinski definition) is 5. The van der Waals surface area contributed by atoms with Crippen LogP contribution in [0.5, 0.6) is 5.75 Å². The van der Waals surface area contributed by atoms with Crippen molar-refractivity contribution in [2.75, 3.05) is 13.7 Å². The van der Waals surface area contributed by atoms with Crippen LogP contribution in [0.3, 0.4) is 0 Å². The molecule has 1 N–H and O–H groups in total. The van der Waals surface area contributed by atoms with Crippen molar-refractivity contribution >= 4 is 11.9 Å². The molecule has 0 bridgehead atoms. The molecular weight excluding hydrogens is 336 g/mol. The number of nitrogens with zero attached hydrogens (tertiary/aromatic N) is 1. The second kappa shape index (κ2) is 8.84. The van der Waals surface area contributed by atoms with Crippen molar-refractivity contribution in [1.29, 1.82) is 0 Å². The van der Waals surface area contributed by atoms with Crippen LogP contribution < -0.4 is 15.6 Å². The van der Waals surface area contributed by atoms with Gasteiger partial charge in [-0.15, -0.1) is 0 Å². The highest BCUT2D eigenvalue weighted by Crippen LogP contribution is 2.11. The Balaban J connectivity index is 1.81. The van der Waals surface area contributed by atoms with Gasteiger partial charge in [0.15, 0.2) is 6.10 Å². The van der Waals surface area contributed by atoms with Crippen LogP contribution in [0.25, 0.3) is 0 Å². The lowest BCUT2D eigenvalue weighted by molar-refractivity contribution is -0.129. The summed E-state index contributed by atoms with van der Waals surface area (Å²) in [6.45, 7) is 1.90. The molecule has 1 aromatic heterocycles. The summed E-state index contributed by atoms with van der Waals surface area (Å²) in [6, 6.07) is 10.2. The summed E-state index contributed by atoms with van der Waals surface area (Å²) in [5.74, 6) is -0.328. The fraction of sp³-hybridized carbons (Fsp3) is 0.316. The van der Waals surface area contributed by atoms with Crippen LogP contribution in [0, 0.1) is 0 Å². The zero-order chi connectivity index (χ0) is 19.1. The SMILES string of the molecule is COc1ccc(CCNC(=O)C(C)OC(=O)c2ccn(C)c(=O)c2)cc1. The van der Waals surface area contributed by atoms with Crippen LogP contribution in [0.2, 0.25) is 0 Å². The summed E-state index contributed by atoms with van der Waals surface area (Å²) >= 11 is 0. The summed E-state index contributed by atoms with van der Waals surface area (Å²) in [4.78, 5) is 35.6. The smallest absolute Gasteiger partial charge is 0.339 e. The number of aryl methyl sites for hydroxylation is 1. The quantitative estimate of drug-likeness (QED) is 0.754. The van der Waals surface area contributed by atoms with Crippen molar-refractivity contribution in [2.45, 2.75) is 19.4 Å². The number of hydrogen-bond donors (Lipinski definition) is 1. The van der Waals surface area contributed by atoms with Gasteiger partial charge < -0.3 is 19.4 Å². The van der Waals surface area contributed by atoms with Gasteiger partial charge in [-0.25, -0.2) is 4.79 Å². The van der Waals surface area contributed by atoms with E-state index in [1.54, 1.807) is 14.2 Å². The molecule has 2 rings (SSSR count). The topological polar surface area (TPSA) is 86.6 Å². The summed E-state index contributed by atoms with van der Waals surface area (Å²) in [6.07, 6.45) is 1.16. The largest absolute Gasteiger partial charge is 0.497 e. The molecule has 1 unspecified atom stereocenters. The maximum absolute atomic E-state index is 12.0. The maximum Gasteiger partial charge on any atom is 0.339 e. The van der Waals surface area contributed by atoms with E-state index in [1.807, 2.05) is 24.3 Å². The number of benzene rings is 1. The van der Waals surface area contributed by atoms with E-state index in [0.717, 1.165) is 11.3 Å². The first-order chi connectivity index (χ1) is 12.4. The summed E-state index contributed by atoms with van der Waals surface area (Å²) in [5.41, 5.74) is 0.845. The lowest BCUT2D eigenvalue weighted by Crippen LogP contribution is -2.37. The van der Waals surface area contributed by atoms with Gasteiger partial charge in [-0.05, 0) is 37.1 Å². The van der Waals surface area contributed by atoms with Crippen molar-refractivity contribution in [3.8, 4) is 5.75 Å². The second-order valence-corrected chi connectivity index (χ2v) is 5.80. The van der Waals surface area contributed by atoms with E-state index in [2.05, 4.69) is 5.32 Å². The molecule has 0 spiro atoms. The van der Waals surface area contributed by atoms with E-state index in [0.29, 0.717) is 13.0 Å². The zero-order valence-corrected chi connectivity index (χ0v) is 15.0. The van der Waals surface area contributed by atoms with Gasteiger partial charge in [-0.2, -0.15) is 0 Å². The number of esters is 1. The highest BCUT2D eigenvalue weighted by molar-refractivity contribution is 5.92. The summed E-state index contributed by atoms with van der Waals surface area (Å²) in [5, 5.41) is 2.72. The van der Waals surface area contributed by atoms with Crippen molar-refractivity contribution in [3.63, 3.8) is 0 Å². The Hall–Kier alpha value is -3.09. The number of methoxy groups -OCH3 is 1. The minimum absolute atomic E-state index is 0.117. The first-order valence-corrected chi connectivity index (χ1v) is 8.19. The number of rotatable bonds is 7. The molecule has 26 heavy (non-hydrogen) atoms. The van der Waals surface area contributed by atoms with Crippen LogP contribution in [-0.4, -0.2) is 36.2 Å². The zero-order valence-electron chi connectivity index (χ0n) is 15.0. The van der Waals surface area contributed by atoms with Gasteiger partial charge >= 0.3 is 5.97 Å². The number of carbonyl (C=O) groups excluding carboxylic acids is 2. The van der Waals surface area contributed by atoms with E-state index in [4.69, 9.17) is 9.47 Å². The fourth-order valence-electron chi connectivity index (χ4n) is 2.22. The second-order valence-electron chi connectivity index (χ2n) is 5.80. The van der Waals surface area contributed by atoms with Crippen LogP contribution in [0.4, 0.5) is 0 Å². The van der Waals surface area contributed by atoms with Gasteiger partial charge in [-0.1, -0.05) is 12.1 Å². The lowest BCUT2D eigenvalue weighted by atomic mass is 10.1. The molecule has 7 nitrogen and oxygen atoms in total. The first kappa shape index (κ1) is 19.2. The molecule has 0 aliphatic rings. The first-order valence-electron chi connectivity index (χ1n) is 8.19. The van der Waals surface area contributed by atoms with Crippen LogP contribution >= 0.6 is 0 Å².